The third-order valence-corrected chi connectivity index (χ3v) is 4.41. The van der Waals surface area contributed by atoms with E-state index in [4.69, 9.17) is 0 Å². The summed E-state index contributed by atoms with van der Waals surface area (Å²) in [5.74, 6) is 0.200. The number of hydrogen-bond donors (Lipinski definition) is 2. The summed E-state index contributed by atoms with van der Waals surface area (Å²) in [5, 5.41) is 6.71. The van der Waals surface area contributed by atoms with Crippen molar-refractivity contribution >= 4 is 5.91 Å². The van der Waals surface area contributed by atoms with Crippen LogP contribution in [0.1, 0.15) is 51.4 Å². The van der Waals surface area contributed by atoms with Gasteiger partial charge in [0.2, 0.25) is 5.91 Å². The van der Waals surface area contributed by atoms with Gasteiger partial charge in [-0.05, 0) is 52.2 Å². The summed E-state index contributed by atoms with van der Waals surface area (Å²) in [5.41, 5.74) is 0. The number of hydrogen-bond acceptors (Lipinski definition) is 3. The number of amides is 1. The molecule has 1 saturated heterocycles. The lowest BCUT2D eigenvalue weighted by molar-refractivity contribution is -0.122. The van der Waals surface area contributed by atoms with Crippen LogP contribution in [0.4, 0.5) is 0 Å². The molecule has 1 unspecified atom stereocenters. The maximum Gasteiger partial charge on any atom is 0.234 e. The third-order valence-electron chi connectivity index (χ3n) is 4.41. The molecule has 2 aliphatic rings. The Labute approximate surface area is 117 Å². The van der Waals surface area contributed by atoms with Crippen LogP contribution in [-0.4, -0.2) is 49.6 Å². The molecule has 2 N–H and O–H groups in total. The maximum atomic E-state index is 11.9. The van der Waals surface area contributed by atoms with Crippen molar-refractivity contribution in [3.05, 3.63) is 0 Å². The monoisotopic (exact) mass is 267 g/mol. The smallest absolute Gasteiger partial charge is 0.234 e. The van der Waals surface area contributed by atoms with Crippen LogP contribution in [0.15, 0.2) is 0 Å². The zero-order chi connectivity index (χ0) is 13.5. The molecule has 1 heterocycles. The Morgan fingerprint density at radius 2 is 1.95 bits per heavy atom. The van der Waals surface area contributed by atoms with E-state index in [1.54, 1.807) is 0 Å². The number of likely N-dealkylation sites (N-methyl/N-ethyl adjacent to an activating group) is 1. The van der Waals surface area contributed by atoms with Crippen LogP contribution in [0, 0.1) is 0 Å². The van der Waals surface area contributed by atoms with Crippen molar-refractivity contribution in [3.63, 3.8) is 0 Å². The molecule has 1 amide bonds. The van der Waals surface area contributed by atoms with Crippen LogP contribution in [0.5, 0.6) is 0 Å². The van der Waals surface area contributed by atoms with Crippen molar-refractivity contribution in [1.82, 2.24) is 15.5 Å². The molecule has 4 nitrogen and oxygen atoms in total. The van der Waals surface area contributed by atoms with Crippen molar-refractivity contribution in [2.75, 3.05) is 26.7 Å². The van der Waals surface area contributed by atoms with Crippen LogP contribution >= 0.6 is 0 Å². The van der Waals surface area contributed by atoms with E-state index in [-0.39, 0.29) is 5.91 Å². The van der Waals surface area contributed by atoms with Crippen LogP contribution in [0.2, 0.25) is 0 Å². The highest BCUT2D eigenvalue weighted by Crippen LogP contribution is 2.17. The second-order valence-corrected chi connectivity index (χ2v) is 6.22. The lowest BCUT2D eigenvalue weighted by Crippen LogP contribution is -2.42. The zero-order valence-corrected chi connectivity index (χ0v) is 12.3. The molecule has 0 aromatic rings. The summed E-state index contributed by atoms with van der Waals surface area (Å²) in [6.45, 7) is 2.72. The van der Waals surface area contributed by atoms with Gasteiger partial charge in [0.25, 0.3) is 0 Å². The highest BCUT2D eigenvalue weighted by molar-refractivity contribution is 5.78. The molecule has 0 aromatic carbocycles. The molecule has 0 bridgehead atoms. The number of carbonyl (C=O) groups excluding carboxylic acids is 1. The molecule has 1 atom stereocenters. The Hall–Kier alpha value is -0.610. The van der Waals surface area contributed by atoms with Gasteiger partial charge < -0.3 is 10.6 Å². The fraction of sp³-hybridized carbons (Fsp3) is 0.933. The van der Waals surface area contributed by atoms with E-state index in [0.717, 1.165) is 19.5 Å². The lowest BCUT2D eigenvalue weighted by atomic mass is 10.0. The van der Waals surface area contributed by atoms with Gasteiger partial charge in [-0.25, -0.2) is 0 Å². The second kappa shape index (κ2) is 7.85. The SMILES string of the molecule is CN(CCC1CCCCN1)CC(=O)NC1CCCC1. The van der Waals surface area contributed by atoms with Gasteiger partial charge in [-0.1, -0.05) is 19.3 Å². The predicted molar refractivity (Wildman–Crippen MR) is 78.2 cm³/mol. The van der Waals surface area contributed by atoms with E-state index in [9.17, 15) is 4.79 Å². The van der Waals surface area contributed by atoms with Gasteiger partial charge in [-0.3, -0.25) is 9.69 Å². The van der Waals surface area contributed by atoms with Crippen molar-refractivity contribution in [2.45, 2.75) is 63.5 Å². The van der Waals surface area contributed by atoms with Gasteiger partial charge in [0.05, 0.1) is 6.54 Å². The molecule has 2 rings (SSSR count). The number of nitrogens with one attached hydrogen (secondary N) is 2. The molecule has 19 heavy (non-hydrogen) atoms. The molecule has 2 fully saturated rings. The van der Waals surface area contributed by atoms with Gasteiger partial charge in [-0.2, -0.15) is 0 Å². The standard InChI is InChI=1S/C15H29N3O/c1-18(11-9-13-6-4-5-10-16-13)12-15(19)17-14-7-2-3-8-14/h13-14,16H,2-12H2,1H3,(H,17,19). The molecule has 1 aliphatic carbocycles. The Morgan fingerprint density at radius 3 is 2.63 bits per heavy atom. The predicted octanol–water partition coefficient (Wildman–Crippen LogP) is 1.51. The molecule has 1 saturated carbocycles. The average Bonchev–Trinajstić information content (AvgIpc) is 2.90. The van der Waals surface area contributed by atoms with E-state index in [1.165, 1.54) is 44.9 Å². The lowest BCUT2D eigenvalue weighted by Gasteiger charge is -2.26. The molecule has 4 heteroatoms. The molecule has 0 radical (unpaired) electrons. The minimum Gasteiger partial charge on any atom is -0.352 e. The van der Waals surface area contributed by atoms with E-state index in [2.05, 4.69) is 22.6 Å². The van der Waals surface area contributed by atoms with E-state index in [1.807, 2.05) is 0 Å². The number of piperidine rings is 1. The first-order valence-electron chi connectivity index (χ1n) is 7.95. The fourth-order valence-electron chi connectivity index (χ4n) is 3.21. The summed E-state index contributed by atoms with van der Waals surface area (Å²) in [4.78, 5) is 14.0. The zero-order valence-electron chi connectivity index (χ0n) is 12.3. The van der Waals surface area contributed by atoms with Crippen LogP contribution < -0.4 is 10.6 Å². The number of carbonyl (C=O) groups is 1. The van der Waals surface area contributed by atoms with Crippen LogP contribution in [0.25, 0.3) is 0 Å². The quantitative estimate of drug-likeness (QED) is 0.767. The molecular formula is C15H29N3O. The number of rotatable bonds is 6. The van der Waals surface area contributed by atoms with Crippen molar-refractivity contribution in [2.24, 2.45) is 0 Å². The van der Waals surface area contributed by atoms with Crippen molar-refractivity contribution in [1.29, 1.82) is 0 Å². The van der Waals surface area contributed by atoms with E-state index in [0.29, 0.717) is 18.6 Å². The topological polar surface area (TPSA) is 44.4 Å². The molecule has 110 valence electrons. The summed E-state index contributed by atoms with van der Waals surface area (Å²) in [6.07, 6.45) is 10.0. The third kappa shape index (κ3) is 5.49. The van der Waals surface area contributed by atoms with Crippen LogP contribution in [0.3, 0.4) is 0 Å². The highest BCUT2D eigenvalue weighted by Gasteiger charge is 2.18. The van der Waals surface area contributed by atoms with Gasteiger partial charge in [0.15, 0.2) is 0 Å². The molecule has 0 aromatic heterocycles. The van der Waals surface area contributed by atoms with Gasteiger partial charge in [0.1, 0.15) is 0 Å². The summed E-state index contributed by atoms with van der Waals surface area (Å²) >= 11 is 0. The fourth-order valence-corrected chi connectivity index (χ4v) is 3.21. The van der Waals surface area contributed by atoms with Gasteiger partial charge >= 0.3 is 0 Å². The Morgan fingerprint density at radius 1 is 1.21 bits per heavy atom. The molecule has 0 spiro atoms. The Kier molecular flexibility index (Phi) is 6.11. The minimum atomic E-state index is 0.200. The summed E-state index contributed by atoms with van der Waals surface area (Å²) in [7, 11) is 2.05. The second-order valence-electron chi connectivity index (χ2n) is 6.22. The number of nitrogens with zero attached hydrogens (tertiary/aromatic N) is 1. The van der Waals surface area contributed by atoms with Crippen LogP contribution in [-0.2, 0) is 4.79 Å². The van der Waals surface area contributed by atoms with Gasteiger partial charge in [-0.15, -0.1) is 0 Å². The summed E-state index contributed by atoms with van der Waals surface area (Å²) in [6, 6.07) is 1.11. The largest absolute Gasteiger partial charge is 0.352 e. The van der Waals surface area contributed by atoms with Gasteiger partial charge in [0, 0.05) is 12.1 Å². The van der Waals surface area contributed by atoms with Crippen molar-refractivity contribution in [3.8, 4) is 0 Å². The van der Waals surface area contributed by atoms with E-state index >= 15 is 0 Å². The van der Waals surface area contributed by atoms with E-state index < -0.39 is 0 Å². The molecule has 1 aliphatic heterocycles. The maximum absolute atomic E-state index is 11.9. The first kappa shape index (κ1) is 14.8. The first-order valence-corrected chi connectivity index (χ1v) is 7.95. The Balaban J connectivity index is 1.57. The summed E-state index contributed by atoms with van der Waals surface area (Å²) < 4.78 is 0. The first-order chi connectivity index (χ1) is 9.24. The Bertz CT molecular complexity index is 271. The normalized spacial score (nSPS) is 24.8. The average molecular weight is 267 g/mol. The molecular weight excluding hydrogens is 238 g/mol. The highest BCUT2D eigenvalue weighted by atomic mass is 16.2. The van der Waals surface area contributed by atoms with Crippen molar-refractivity contribution < 1.29 is 4.79 Å². The minimum absolute atomic E-state index is 0.200.